The van der Waals surface area contributed by atoms with Crippen LogP contribution in [0.1, 0.15) is 25.5 Å². The summed E-state index contributed by atoms with van der Waals surface area (Å²) in [6.45, 7) is 2.43. The molecule has 1 rings (SSSR count). The molecule has 0 saturated carbocycles. The first-order valence-electron chi connectivity index (χ1n) is 5.51. The fourth-order valence-electron chi connectivity index (χ4n) is 1.47. The third-order valence-electron chi connectivity index (χ3n) is 2.67. The van der Waals surface area contributed by atoms with Crippen LogP contribution in [-0.2, 0) is 23.6 Å². The van der Waals surface area contributed by atoms with Gasteiger partial charge in [-0.2, -0.15) is 4.31 Å². The van der Waals surface area contributed by atoms with Crippen LogP contribution < -0.4 is 0 Å². The molecule has 4 nitrogen and oxygen atoms in total. The Balaban J connectivity index is 2.65. The molecule has 16 heavy (non-hydrogen) atoms. The minimum Gasteiger partial charge on any atom is -0.353 e. The molecule has 0 aromatic carbocycles. The first kappa shape index (κ1) is 13.3. The second-order valence-electron chi connectivity index (χ2n) is 4.04. The monoisotopic (exact) mass is 244 g/mol. The van der Waals surface area contributed by atoms with Crippen molar-refractivity contribution >= 4 is 10.0 Å². The van der Waals surface area contributed by atoms with Gasteiger partial charge in [0, 0.05) is 26.0 Å². The summed E-state index contributed by atoms with van der Waals surface area (Å²) in [5.41, 5.74) is 1.00. The molecule has 0 aliphatic rings. The van der Waals surface area contributed by atoms with E-state index in [4.69, 9.17) is 0 Å². The highest BCUT2D eigenvalue weighted by Gasteiger charge is 2.17. The number of hydrogen-bond acceptors (Lipinski definition) is 2. The van der Waals surface area contributed by atoms with Gasteiger partial charge in [-0.15, -0.1) is 0 Å². The molecular formula is C11H20N2O2S. The van der Waals surface area contributed by atoms with Gasteiger partial charge in [0.25, 0.3) is 0 Å². The normalized spacial score (nSPS) is 12.2. The Hall–Kier alpha value is -0.810. The molecule has 0 unspecified atom stereocenters. The molecule has 0 radical (unpaired) electrons. The number of aromatic nitrogens is 1. The molecule has 0 fully saturated rings. The van der Waals surface area contributed by atoms with Crippen LogP contribution in [0.2, 0.25) is 0 Å². The van der Waals surface area contributed by atoms with E-state index >= 15 is 0 Å². The number of aryl methyl sites for hydroxylation is 1. The van der Waals surface area contributed by atoms with E-state index in [0.29, 0.717) is 6.54 Å². The van der Waals surface area contributed by atoms with Gasteiger partial charge in [0.1, 0.15) is 0 Å². The van der Waals surface area contributed by atoms with Crippen molar-refractivity contribution in [2.24, 2.45) is 7.05 Å². The Morgan fingerprint density at radius 2 is 2.12 bits per heavy atom. The molecule has 0 saturated heterocycles. The SMILES string of the molecule is CCCCS(=O)(=O)N(C)Cc1cccn1C. The van der Waals surface area contributed by atoms with Gasteiger partial charge >= 0.3 is 0 Å². The fraction of sp³-hybridized carbons (Fsp3) is 0.636. The smallest absolute Gasteiger partial charge is 0.214 e. The van der Waals surface area contributed by atoms with Crippen LogP contribution in [0.3, 0.4) is 0 Å². The predicted molar refractivity (Wildman–Crippen MR) is 65.6 cm³/mol. The lowest BCUT2D eigenvalue weighted by Crippen LogP contribution is -2.29. The van der Waals surface area contributed by atoms with Crippen molar-refractivity contribution in [2.75, 3.05) is 12.8 Å². The zero-order chi connectivity index (χ0) is 12.2. The first-order chi connectivity index (χ1) is 7.47. The predicted octanol–water partition coefficient (Wildman–Crippen LogP) is 1.59. The zero-order valence-electron chi connectivity index (χ0n) is 10.2. The van der Waals surface area contributed by atoms with E-state index in [1.807, 2.05) is 36.9 Å². The molecular weight excluding hydrogens is 224 g/mol. The molecule has 0 amide bonds. The number of rotatable bonds is 6. The zero-order valence-corrected chi connectivity index (χ0v) is 11.0. The van der Waals surface area contributed by atoms with Crippen LogP contribution in [-0.4, -0.2) is 30.1 Å². The molecule has 1 aromatic rings. The molecule has 0 N–H and O–H groups in total. The molecule has 0 spiro atoms. The van der Waals surface area contributed by atoms with Gasteiger partial charge in [0.15, 0.2) is 0 Å². The van der Waals surface area contributed by atoms with E-state index in [0.717, 1.165) is 18.5 Å². The summed E-state index contributed by atoms with van der Waals surface area (Å²) in [6, 6.07) is 3.85. The maximum atomic E-state index is 11.8. The third-order valence-corrected chi connectivity index (χ3v) is 4.55. The molecule has 0 aliphatic heterocycles. The highest BCUT2D eigenvalue weighted by molar-refractivity contribution is 7.89. The van der Waals surface area contributed by atoms with E-state index in [2.05, 4.69) is 0 Å². The average Bonchev–Trinajstić information content (AvgIpc) is 2.61. The van der Waals surface area contributed by atoms with Gasteiger partial charge in [-0.3, -0.25) is 0 Å². The van der Waals surface area contributed by atoms with Crippen LogP contribution in [0, 0.1) is 0 Å². The molecule has 92 valence electrons. The molecule has 1 aromatic heterocycles. The lowest BCUT2D eigenvalue weighted by Gasteiger charge is -2.17. The van der Waals surface area contributed by atoms with Gasteiger partial charge in [-0.25, -0.2) is 8.42 Å². The standard InChI is InChI=1S/C11H20N2O2S/c1-4-5-9-16(14,15)13(3)10-11-7-6-8-12(11)2/h6-8H,4-5,9-10H2,1-3H3. The molecule has 1 heterocycles. The van der Waals surface area contributed by atoms with Crippen LogP contribution in [0.5, 0.6) is 0 Å². The number of nitrogens with zero attached hydrogens (tertiary/aromatic N) is 2. The van der Waals surface area contributed by atoms with Gasteiger partial charge in [0.2, 0.25) is 10.0 Å². The highest BCUT2D eigenvalue weighted by Crippen LogP contribution is 2.09. The van der Waals surface area contributed by atoms with Gasteiger partial charge < -0.3 is 4.57 Å². The van der Waals surface area contributed by atoms with E-state index < -0.39 is 10.0 Å². The van der Waals surface area contributed by atoms with E-state index in [1.54, 1.807) is 7.05 Å². The first-order valence-corrected chi connectivity index (χ1v) is 7.12. The van der Waals surface area contributed by atoms with Crippen molar-refractivity contribution in [1.82, 2.24) is 8.87 Å². The largest absolute Gasteiger partial charge is 0.353 e. The summed E-state index contributed by atoms with van der Waals surface area (Å²) in [4.78, 5) is 0. The molecule has 0 bridgehead atoms. The van der Waals surface area contributed by atoms with Crippen molar-refractivity contribution in [2.45, 2.75) is 26.3 Å². The lowest BCUT2D eigenvalue weighted by molar-refractivity contribution is 0.455. The topological polar surface area (TPSA) is 42.3 Å². The van der Waals surface area contributed by atoms with Gasteiger partial charge in [0.05, 0.1) is 12.3 Å². The van der Waals surface area contributed by atoms with E-state index in [-0.39, 0.29) is 5.75 Å². The molecule has 5 heteroatoms. The van der Waals surface area contributed by atoms with E-state index in [9.17, 15) is 8.42 Å². The molecule has 0 aliphatic carbocycles. The van der Waals surface area contributed by atoms with E-state index in [1.165, 1.54) is 4.31 Å². The van der Waals surface area contributed by atoms with Crippen molar-refractivity contribution in [1.29, 1.82) is 0 Å². The maximum absolute atomic E-state index is 11.8. The van der Waals surface area contributed by atoms with Gasteiger partial charge in [-0.1, -0.05) is 13.3 Å². The molecule has 0 atom stereocenters. The van der Waals surface area contributed by atoms with Crippen molar-refractivity contribution in [3.8, 4) is 0 Å². The Kier molecular flexibility index (Phi) is 4.56. The minimum absolute atomic E-state index is 0.240. The summed E-state index contributed by atoms with van der Waals surface area (Å²) >= 11 is 0. The Bertz CT molecular complexity index is 423. The number of sulfonamides is 1. The summed E-state index contributed by atoms with van der Waals surface area (Å²) in [5.74, 6) is 0.240. The highest BCUT2D eigenvalue weighted by atomic mass is 32.2. The Labute approximate surface area is 97.9 Å². The summed E-state index contributed by atoms with van der Waals surface area (Å²) in [6.07, 6.45) is 3.54. The lowest BCUT2D eigenvalue weighted by atomic mass is 10.4. The Morgan fingerprint density at radius 1 is 1.44 bits per heavy atom. The van der Waals surface area contributed by atoms with Crippen molar-refractivity contribution < 1.29 is 8.42 Å². The van der Waals surface area contributed by atoms with Gasteiger partial charge in [-0.05, 0) is 18.6 Å². The van der Waals surface area contributed by atoms with Crippen LogP contribution in [0.25, 0.3) is 0 Å². The number of hydrogen-bond donors (Lipinski definition) is 0. The third kappa shape index (κ3) is 3.35. The fourth-order valence-corrected chi connectivity index (χ4v) is 2.76. The van der Waals surface area contributed by atoms with Crippen LogP contribution in [0.4, 0.5) is 0 Å². The second-order valence-corrected chi connectivity index (χ2v) is 6.23. The van der Waals surface area contributed by atoms with Crippen molar-refractivity contribution in [3.63, 3.8) is 0 Å². The summed E-state index contributed by atoms with van der Waals surface area (Å²) in [7, 11) is 0.460. The maximum Gasteiger partial charge on any atom is 0.214 e. The summed E-state index contributed by atoms with van der Waals surface area (Å²) in [5, 5.41) is 0. The quantitative estimate of drug-likeness (QED) is 0.762. The second kappa shape index (κ2) is 5.50. The summed E-state index contributed by atoms with van der Waals surface area (Å²) < 4.78 is 27.1. The minimum atomic E-state index is -3.10. The van der Waals surface area contributed by atoms with Crippen LogP contribution in [0.15, 0.2) is 18.3 Å². The average molecular weight is 244 g/mol. The van der Waals surface area contributed by atoms with Crippen molar-refractivity contribution in [3.05, 3.63) is 24.0 Å². The number of unbranched alkanes of at least 4 members (excludes halogenated alkanes) is 1. The Morgan fingerprint density at radius 3 is 2.62 bits per heavy atom. The van der Waals surface area contributed by atoms with Crippen LogP contribution >= 0.6 is 0 Å².